The summed E-state index contributed by atoms with van der Waals surface area (Å²) in [6.45, 7) is -0.170. The highest BCUT2D eigenvalue weighted by molar-refractivity contribution is 8.00. The Balaban J connectivity index is 1.02. The fourth-order valence-corrected chi connectivity index (χ4v) is 11.4. The van der Waals surface area contributed by atoms with Crippen molar-refractivity contribution in [2.24, 2.45) is 0 Å². The van der Waals surface area contributed by atoms with Crippen molar-refractivity contribution in [3.63, 3.8) is 0 Å². The number of phosphoric acid groups is 3. The van der Waals surface area contributed by atoms with Gasteiger partial charge < -0.3 is 50.7 Å². The van der Waals surface area contributed by atoms with Gasteiger partial charge in [0.15, 0.2) is 0 Å². The van der Waals surface area contributed by atoms with E-state index in [2.05, 4.69) is 39.4 Å². The predicted molar refractivity (Wildman–Crippen MR) is 216 cm³/mol. The fraction of sp³-hybridized carbons (Fsp3) is 0.727. The largest absolute Gasteiger partial charge is 0.490 e. The summed E-state index contributed by atoms with van der Waals surface area (Å²) in [7, 11) is -16.8. The van der Waals surface area contributed by atoms with Crippen LogP contribution in [0.25, 0.3) is 6.08 Å². The number of phosphoric ester groups is 1. The molecule has 340 valence electrons. The number of thioether (sulfide) groups is 1. The Morgan fingerprint density at radius 2 is 1.53 bits per heavy atom. The minimum absolute atomic E-state index is 0.00248. The highest BCUT2D eigenvalue weighted by atomic mass is 32.2. The standard InChI is InChI=1S/C33H55N6O17P3S/c40-24-18-29(54-25(24)20-53-58(49,50)56-59(51,52)55-57(46,47)48)39-19-22(31(43)38-33(39)45)12-11-17-35-27(41)14-7-5-3-1-2-4-6-10-16-34-28(42)15-9-8-13-26-30-23(21-60-26)36-32(44)37-30/h11-12,19,23-26,29-30,40H,1-10,13-18,20-21H2,(H,34,42)(H,35,41)(H,49,50)(H,51,52)(H2,36,37,44)(H,38,43,45)(H2,46,47,48)/b12-11+/t23-,24-,25+,26?,29+,30-/m0/s1. The van der Waals surface area contributed by atoms with Gasteiger partial charge in [-0.2, -0.15) is 20.4 Å². The van der Waals surface area contributed by atoms with Crippen molar-refractivity contribution in [2.45, 2.75) is 126 Å². The number of fused-ring (bicyclic) bond motifs is 1. The number of hydrogen-bond acceptors (Lipinski definition) is 14. The topological polar surface area (TPSA) is 343 Å². The maximum atomic E-state index is 12.5. The lowest BCUT2D eigenvalue weighted by Crippen LogP contribution is -2.36. The van der Waals surface area contributed by atoms with E-state index >= 15 is 0 Å². The molecule has 0 aromatic carbocycles. The van der Waals surface area contributed by atoms with Crippen LogP contribution in [-0.2, 0) is 41.2 Å². The summed E-state index contributed by atoms with van der Waals surface area (Å²) < 4.78 is 52.5. The third-order valence-corrected chi connectivity index (χ3v) is 15.1. The molecule has 3 unspecified atom stereocenters. The maximum Gasteiger partial charge on any atom is 0.490 e. The van der Waals surface area contributed by atoms with Crippen LogP contribution in [0.15, 0.2) is 21.9 Å². The Kier molecular flexibility index (Phi) is 19.7. The van der Waals surface area contributed by atoms with E-state index in [-0.39, 0.29) is 48.5 Å². The Morgan fingerprint density at radius 1 is 0.883 bits per heavy atom. The highest BCUT2D eigenvalue weighted by Crippen LogP contribution is 2.66. The van der Waals surface area contributed by atoms with Gasteiger partial charge in [-0.1, -0.05) is 57.1 Å². The van der Waals surface area contributed by atoms with Crippen LogP contribution in [0.4, 0.5) is 4.79 Å². The molecule has 0 bridgehead atoms. The molecule has 4 heterocycles. The predicted octanol–water partition coefficient (Wildman–Crippen LogP) is 2.01. The summed E-state index contributed by atoms with van der Waals surface area (Å²) in [4.78, 5) is 99.2. The van der Waals surface area contributed by atoms with Gasteiger partial charge in [-0.15, -0.1) is 0 Å². The third kappa shape index (κ3) is 17.6. The zero-order valence-corrected chi connectivity index (χ0v) is 36.3. The number of aromatic amines is 1. The number of carbonyl (C=O) groups is 3. The van der Waals surface area contributed by atoms with Gasteiger partial charge in [-0.05, 0) is 25.7 Å². The lowest BCUT2D eigenvalue weighted by molar-refractivity contribution is -0.121. The first-order valence-electron chi connectivity index (χ1n) is 19.7. The first-order valence-corrected chi connectivity index (χ1v) is 25.2. The lowest BCUT2D eigenvalue weighted by Gasteiger charge is -2.19. The molecule has 3 saturated heterocycles. The molecule has 8 atom stereocenters. The number of aliphatic hydroxyl groups excluding tert-OH is 1. The molecule has 0 saturated carbocycles. The van der Waals surface area contributed by atoms with Crippen LogP contribution < -0.4 is 32.5 Å². The van der Waals surface area contributed by atoms with Gasteiger partial charge in [0.1, 0.15) is 12.3 Å². The molecular formula is C33H55N6O17P3S. The quantitative estimate of drug-likeness (QED) is 0.0343. The molecule has 23 nitrogen and oxygen atoms in total. The average Bonchev–Trinajstić information content (AvgIpc) is 3.82. The van der Waals surface area contributed by atoms with E-state index in [9.17, 15) is 52.6 Å². The number of H-pyrrole nitrogens is 1. The zero-order valence-electron chi connectivity index (χ0n) is 32.8. The van der Waals surface area contributed by atoms with Gasteiger partial charge in [-0.3, -0.25) is 28.5 Å². The number of hydrogen-bond donors (Lipinski definition) is 10. The lowest BCUT2D eigenvalue weighted by atomic mass is 10.0. The molecule has 0 spiro atoms. The summed E-state index contributed by atoms with van der Waals surface area (Å²) in [6.07, 6.45) is 11.2. The maximum absolute atomic E-state index is 12.5. The number of ether oxygens (including phenoxy) is 1. The van der Waals surface area contributed by atoms with Crippen molar-refractivity contribution in [1.82, 2.24) is 30.8 Å². The van der Waals surface area contributed by atoms with Crippen molar-refractivity contribution >= 4 is 59.2 Å². The average molecular weight is 933 g/mol. The zero-order chi connectivity index (χ0) is 43.9. The van der Waals surface area contributed by atoms with E-state index in [1.165, 1.54) is 12.2 Å². The Labute approximate surface area is 349 Å². The van der Waals surface area contributed by atoms with Gasteiger partial charge in [-0.25, -0.2) is 23.3 Å². The summed E-state index contributed by atoms with van der Waals surface area (Å²) >= 11 is 1.89. The van der Waals surface area contributed by atoms with Crippen molar-refractivity contribution in [2.75, 3.05) is 25.4 Å². The number of urea groups is 1. The molecule has 0 aliphatic carbocycles. The van der Waals surface area contributed by atoms with Crippen LogP contribution in [0, 0.1) is 0 Å². The minimum Gasteiger partial charge on any atom is -0.390 e. The molecule has 3 aliphatic rings. The first kappa shape index (κ1) is 50.0. The van der Waals surface area contributed by atoms with Gasteiger partial charge in [0, 0.05) is 49.6 Å². The van der Waals surface area contributed by atoms with E-state index in [0.717, 1.165) is 87.1 Å². The molecule has 4 rings (SSSR count). The van der Waals surface area contributed by atoms with Crippen LogP contribution in [0.2, 0.25) is 0 Å². The monoisotopic (exact) mass is 932 g/mol. The smallest absolute Gasteiger partial charge is 0.390 e. The van der Waals surface area contributed by atoms with Crippen LogP contribution in [0.5, 0.6) is 0 Å². The second-order valence-electron chi connectivity index (χ2n) is 14.6. The van der Waals surface area contributed by atoms with Crippen LogP contribution in [-0.4, -0.2) is 107 Å². The van der Waals surface area contributed by atoms with Crippen molar-refractivity contribution in [3.8, 4) is 0 Å². The van der Waals surface area contributed by atoms with Gasteiger partial charge in [0.2, 0.25) is 11.8 Å². The third-order valence-electron chi connectivity index (χ3n) is 9.78. The second kappa shape index (κ2) is 23.7. The number of amides is 4. The number of nitrogens with zero attached hydrogens (tertiary/aromatic N) is 1. The Bertz CT molecular complexity index is 1910. The fourth-order valence-electron chi connectivity index (χ4n) is 6.85. The number of nitrogens with one attached hydrogen (secondary N) is 5. The van der Waals surface area contributed by atoms with Crippen LogP contribution in [0.1, 0.15) is 102 Å². The minimum atomic E-state index is -5.76. The highest BCUT2D eigenvalue weighted by Gasteiger charge is 2.44. The second-order valence-corrected chi connectivity index (χ2v) is 20.3. The Morgan fingerprint density at radius 3 is 2.23 bits per heavy atom. The van der Waals surface area contributed by atoms with Gasteiger partial charge >= 0.3 is 35.2 Å². The normalized spacial score (nSPS) is 24.7. The molecule has 1 aromatic rings. The summed E-state index contributed by atoms with van der Waals surface area (Å²) in [6, 6.07) is 0.339. The molecular weight excluding hydrogens is 877 g/mol. The summed E-state index contributed by atoms with van der Waals surface area (Å²) in [5, 5.41) is 22.5. The van der Waals surface area contributed by atoms with E-state index in [4.69, 9.17) is 14.5 Å². The Hall–Kier alpha value is -2.69. The van der Waals surface area contributed by atoms with Crippen LogP contribution in [0.3, 0.4) is 0 Å². The van der Waals surface area contributed by atoms with E-state index in [1.54, 1.807) is 0 Å². The number of aliphatic hydroxyl groups is 1. The number of aromatic nitrogens is 2. The molecule has 10 N–H and O–H groups in total. The molecule has 60 heavy (non-hydrogen) atoms. The first-order chi connectivity index (χ1) is 28.3. The molecule has 0 radical (unpaired) electrons. The van der Waals surface area contributed by atoms with E-state index in [1.807, 2.05) is 11.8 Å². The van der Waals surface area contributed by atoms with Crippen molar-refractivity contribution in [3.05, 3.63) is 38.7 Å². The van der Waals surface area contributed by atoms with Gasteiger partial charge in [0.25, 0.3) is 5.56 Å². The molecule has 3 aliphatic heterocycles. The van der Waals surface area contributed by atoms with Crippen molar-refractivity contribution < 1.29 is 70.6 Å². The van der Waals surface area contributed by atoms with E-state index < -0.39 is 59.8 Å². The van der Waals surface area contributed by atoms with Crippen LogP contribution >= 0.6 is 35.2 Å². The van der Waals surface area contributed by atoms with Gasteiger partial charge in [0.05, 0.1) is 30.4 Å². The SMILES string of the molecule is O=C(CCCCCCCCCCNC(=O)CCCCC1SC[C@@H]2NC(=O)N[C@H]12)NC/C=C/c1cn([C@H]2C[C@H](O)[C@@H](COP(=O)(O)OP(=O)(O)OP(=O)(O)O)O2)c(=O)[nH]c1=O. The molecule has 1 aromatic heterocycles. The molecule has 4 amide bonds. The molecule has 27 heteroatoms. The summed E-state index contributed by atoms with van der Waals surface area (Å²) in [5.74, 6) is 0.855. The van der Waals surface area contributed by atoms with Crippen molar-refractivity contribution in [1.29, 1.82) is 0 Å². The van der Waals surface area contributed by atoms with E-state index in [0.29, 0.717) is 24.6 Å². The number of unbranched alkanes of at least 4 members (excludes halogenated alkanes) is 8. The number of carbonyl (C=O) groups excluding carboxylic acids is 3. The molecule has 3 fully saturated rings. The summed E-state index contributed by atoms with van der Waals surface area (Å²) in [5.41, 5.74) is -1.65. The number of rotatable bonds is 27.